The number of ether oxygens (including phenoxy) is 1. The second-order valence-corrected chi connectivity index (χ2v) is 9.99. The maximum absolute atomic E-state index is 11.0. The van der Waals surface area contributed by atoms with E-state index in [2.05, 4.69) is 19.2 Å². The SMILES string of the molecule is Nc1ncnc2c1c(S[C@@H]1CCCC[C@H]1O)nn2[C@@H]1O[C@H](COS(N)(=O)=O)[C@@H](O)[C@H]1O. The summed E-state index contributed by atoms with van der Waals surface area (Å²) < 4.78 is 33.5. The molecule has 6 atom stereocenters. The fourth-order valence-corrected chi connectivity index (χ4v) is 5.45. The fourth-order valence-electron chi connectivity index (χ4n) is 3.81. The summed E-state index contributed by atoms with van der Waals surface area (Å²) in [7, 11) is -4.25. The molecule has 1 saturated carbocycles. The van der Waals surface area contributed by atoms with Gasteiger partial charge in [-0.05, 0) is 12.8 Å². The lowest BCUT2D eigenvalue weighted by molar-refractivity contribution is -0.0532. The van der Waals surface area contributed by atoms with Crippen molar-refractivity contribution in [2.45, 2.75) is 66.6 Å². The summed E-state index contributed by atoms with van der Waals surface area (Å²) in [6.07, 6.45) is -1.07. The predicted molar refractivity (Wildman–Crippen MR) is 109 cm³/mol. The number of anilines is 1. The van der Waals surface area contributed by atoms with E-state index in [1.807, 2.05) is 0 Å². The lowest BCUT2D eigenvalue weighted by Gasteiger charge is -2.26. The average molecular weight is 477 g/mol. The van der Waals surface area contributed by atoms with Gasteiger partial charge in [0.1, 0.15) is 35.5 Å². The Labute approximate surface area is 182 Å². The Bertz CT molecular complexity index is 1050. The number of hydrogen-bond acceptors (Lipinski definition) is 12. The highest BCUT2D eigenvalue weighted by Crippen LogP contribution is 2.40. The molecular formula is C16H24N6O7S2. The van der Waals surface area contributed by atoms with Crippen LogP contribution in [0.1, 0.15) is 31.9 Å². The minimum atomic E-state index is -4.25. The molecule has 31 heavy (non-hydrogen) atoms. The molecule has 2 aromatic rings. The van der Waals surface area contributed by atoms with E-state index in [4.69, 9.17) is 15.6 Å². The highest BCUT2D eigenvalue weighted by atomic mass is 32.2. The number of rotatable bonds is 6. The second-order valence-electron chi connectivity index (χ2n) is 7.54. The van der Waals surface area contributed by atoms with E-state index in [0.29, 0.717) is 16.8 Å². The largest absolute Gasteiger partial charge is 0.392 e. The molecule has 1 aliphatic carbocycles. The Morgan fingerprint density at radius 1 is 1.23 bits per heavy atom. The van der Waals surface area contributed by atoms with Gasteiger partial charge in [-0.3, -0.25) is 4.18 Å². The second kappa shape index (κ2) is 8.74. The molecule has 0 aromatic carbocycles. The number of nitrogens with two attached hydrogens (primary N) is 2. The summed E-state index contributed by atoms with van der Waals surface area (Å²) in [5, 5.41) is 41.3. The standard InChI is InChI=1S/C16H24N6O7S2/c17-13-10-14(20-6-19-13)22(21-15(10)30-9-4-2-1-3-7(9)23)16-12(25)11(24)8(29-16)5-28-31(18,26)27/h6-9,11-12,16,23-25H,1-5H2,(H2,17,19,20)(H2,18,26,27)/t7-,8-,9-,11-,12-,16-/m1/s1. The molecule has 0 bridgehead atoms. The topological polar surface area (TPSA) is 209 Å². The fraction of sp³-hybridized carbons (Fsp3) is 0.688. The first-order valence-electron chi connectivity index (χ1n) is 9.68. The Hall–Kier alpha value is -1.59. The van der Waals surface area contributed by atoms with Crippen molar-refractivity contribution >= 4 is 38.9 Å². The Morgan fingerprint density at radius 3 is 2.68 bits per heavy atom. The van der Waals surface area contributed by atoms with E-state index in [1.54, 1.807) is 0 Å². The summed E-state index contributed by atoms with van der Waals surface area (Å²) in [6, 6.07) is 0. The first-order chi connectivity index (χ1) is 14.7. The molecule has 0 unspecified atom stereocenters. The van der Waals surface area contributed by atoms with Crippen molar-refractivity contribution in [1.29, 1.82) is 0 Å². The van der Waals surface area contributed by atoms with Gasteiger partial charge in [0.2, 0.25) is 0 Å². The number of hydrogen-bond donors (Lipinski definition) is 5. The molecule has 172 valence electrons. The zero-order chi connectivity index (χ0) is 22.3. The molecular weight excluding hydrogens is 452 g/mol. The molecule has 13 nitrogen and oxygen atoms in total. The van der Waals surface area contributed by atoms with Gasteiger partial charge in [0, 0.05) is 5.25 Å². The Kier molecular flexibility index (Phi) is 6.37. The Morgan fingerprint density at radius 2 is 1.97 bits per heavy atom. The highest BCUT2D eigenvalue weighted by molar-refractivity contribution is 8.00. The number of aliphatic hydroxyl groups excluding tert-OH is 3. The number of aromatic nitrogens is 4. The van der Waals surface area contributed by atoms with Crippen molar-refractivity contribution in [1.82, 2.24) is 19.7 Å². The smallest absolute Gasteiger partial charge is 0.333 e. The first kappa shape index (κ1) is 22.6. The summed E-state index contributed by atoms with van der Waals surface area (Å²) in [5.41, 5.74) is 6.33. The van der Waals surface area contributed by atoms with Crippen molar-refractivity contribution in [3.8, 4) is 0 Å². The van der Waals surface area contributed by atoms with E-state index in [9.17, 15) is 23.7 Å². The summed E-state index contributed by atoms with van der Waals surface area (Å²) in [5.74, 6) is 0.172. The number of aliphatic hydroxyl groups is 3. The molecule has 15 heteroatoms. The third-order valence-electron chi connectivity index (χ3n) is 5.39. The zero-order valence-corrected chi connectivity index (χ0v) is 17.9. The molecule has 1 saturated heterocycles. The third kappa shape index (κ3) is 4.63. The molecule has 1 aliphatic heterocycles. The molecule has 2 fully saturated rings. The highest BCUT2D eigenvalue weighted by Gasteiger charge is 2.46. The van der Waals surface area contributed by atoms with Crippen LogP contribution in [-0.2, 0) is 19.2 Å². The van der Waals surface area contributed by atoms with Gasteiger partial charge in [-0.1, -0.05) is 24.6 Å². The molecule has 2 aliphatic rings. The van der Waals surface area contributed by atoms with E-state index in [1.165, 1.54) is 22.8 Å². The van der Waals surface area contributed by atoms with Gasteiger partial charge in [-0.25, -0.2) is 19.8 Å². The first-order valence-corrected chi connectivity index (χ1v) is 12.0. The summed E-state index contributed by atoms with van der Waals surface area (Å²) in [6.45, 7) is -0.584. The maximum Gasteiger partial charge on any atom is 0.333 e. The van der Waals surface area contributed by atoms with Gasteiger partial charge < -0.3 is 25.8 Å². The molecule has 7 N–H and O–H groups in total. The van der Waals surface area contributed by atoms with E-state index >= 15 is 0 Å². The predicted octanol–water partition coefficient (Wildman–Crippen LogP) is -1.36. The van der Waals surface area contributed by atoms with E-state index in [-0.39, 0.29) is 16.7 Å². The van der Waals surface area contributed by atoms with Crippen molar-refractivity contribution in [3.05, 3.63) is 6.33 Å². The van der Waals surface area contributed by atoms with Crippen LogP contribution in [0.5, 0.6) is 0 Å². The van der Waals surface area contributed by atoms with Crippen molar-refractivity contribution in [2.75, 3.05) is 12.3 Å². The average Bonchev–Trinajstić information content (AvgIpc) is 3.20. The van der Waals surface area contributed by atoms with Crippen LogP contribution >= 0.6 is 11.8 Å². The molecule has 3 heterocycles. The van der Waals surface area contributed by atoms with Crippen LogP contribution in [0.25, 0.3) is 11.0 Å². The van der Waals surface area contributed by atoms with Gasteiger partial charge in [0.15, 0.2) is 11.9 Å². The van der Waals surface area contributed by atoms with Crippen LogP contribution in [0.4, 0.5) is 5.82 Å². The van der Waals surface area contributed by atoms with Gasteiger partial charge in [-0.15, -0.1) is 0 Å². The van der Waals surface area contributed by atoms with Crippen LogP contribution in [0.15, 0.2) is 11.4 Å². The molecule has 0 amide bonds. The third-order valence-corrected chi connectivity index (χ3v) is 7.22. The van der Waals surface area contributed by atoms with Crippen LogP contribution < -0.4 is 10.9 Å². The van der Waals surface area contributed by atoms with Crippen molar-refractivity contribution < 1.29 is 32.7 Å². The van der Waals surface area contributed by atoms with Gasteiger partial charge in [0.25, 0.3) is 0 Å². The van der Waals surface area contributed by atoms with Gasteiger partial charge in [0.05, 0.1) is 18.1 Å². The van der Waals surface area contributed by atoms with Crippen molar-refractivity contribution in [2.24, 2.45) is 5.14 Å². The monoisotopic (exact) mass is 476 g/mol. The number of thioether (sulfide) groups is 1. The number of fused-ring (bicyclic) bond motifs is 1. The number of nitrogens with zero attached hydrogens (tertiary/aromatic N) is 4. The van der Waals surface area contributed by atoms with E-state index in [0.717, 1.165) is 19.3 Å². The lowest BCUT2D eigenvalue weighted by Crippen LogP contribution is -2.35. The minimum absolute atomic E-state index is 0.0872. The van der Waals surface area contributed by atoms with E-state index < -0.39 is 47.6 Å². The molecule has 0 radical (unpaired) electrons. The lowest BCUT2D eigenvalue weighted by atomic mass is 9.97. The van der Waals surface area contributed by atoms with Crippen molar-refractivity contribution in [3.63, 3.8) is 0 Å². The summed E-state index contributed by atoms with van der Waals surface area (Å²) >= 11 is 1.35. The normalized spacial score (nSPS) is 32.0. The van der Waals surface area contributed by atoms with Crippen LogP contribution in [-0.4, -0.2) is 79.8 Å². The minimum Gasteiger partial charge on any atom is -0.392 e. The van der Waals surface area contributed by atoms with Crippen LogP contribution in [0.3, 0.4) is 0 Å². The van der Waals surface area contributed by atoms with Gasteiger partial charge >= 0.3 is 10.3 Å². The zero-order valence-electron chi connectivity index (χ0n) is 16.3. The maximum atomic E-state index is 11.0. The van der Waals surface area contributed by atoms with Crippen LogP contribution in [0, 0.1) is 0 Å². The summed E-state index contributed by atoms with van der Waals surface area (Å²) in [4.78, 5) is 8.21. The molecule has 4 rings (SSSR count). The Balaban J connectivity index is 1.65. The molecule has 2 aromatic heterocycles. The van der Waals surface area contributed by atoms with Gasteiger partial charge in [-0.2, -0.15) is 13.5 Å². The van der Waals surface area contributed by atoms with Crippen LogP contribution in [0.2, 0.25) is 0 Å². The molecule has 0 spiro atoms. The number of nitrogen functional groups attached to an aromatic ring is 1. The quantitative estimate of drug-likeness (QED) is 0.327.